The predicted octanol–water partition coefficient (Wildman–Crippen LogP) is 3.48. The number of aromatic amines is 2. The maximum absolute atomic E-state index is 12.3. The van der Waals surface area contributed by atoms with Gasteiger partial charge in [0, 0.05) is 17.1 Å². The van der Waals surface area contributed by atoms with Crippen molar-refractivity contribution in [2.45, 2.75) is 6.92 Å². The van der Waals surface area contributed by atoms with Gasteiger partial charge in [0.15, 0.2) is 0 Å². The highest BCUT2D eigenvalue weighted by Gasteiger charge is 2.13. The molecule has 0 fully saturated rings. The Morgan fingerprint density at radius 3 is 2.76 bits per heavy atom. The lowest BCUT2D eigenvalue weighted by atomic mass is 10.0. The summed E-state index contributed by atoms with van der Waals surface area (Å²) >= 11 is 0. The number of fused-ring (bicyclic) bond motifs is 5. The molecule has 0 bridgehead atoms. The number of H-pyrrole nitrogens is 2. The third kappa shape index (κ3) is 1.59. The van der Waals surface area contributed by atoms with Gasteiger partial charge in [0.1, 0.15) is 5.75 Å². The highest BCUT2D eigenvalue weighted by molar-refractivity contribution is 6.20. The largest absolute Gasteiger partial charge is 0.497 e. The number of hydrogen-bond acceptors (Lipinski definition) is 2. The van der Waals surface area contributed by atoms with E-state index in [4.69, 9.17) is 4.74 Å². The Labute approximate surface area is 120 Å². The molecule has 0 amide bonds. The van der Waals surface area contributed by atoms with Gasteiger partial charge in [-0.05, 0) is 47.5 Å². The SMILES string of the molecule is COc1ccc2c(ccc3[nH]c4c(C)c[nH]c(=O)c4c32)c1. The van der Waals surface area contributed by atoms with E-state index in [0.29, 0.717) is 0 Å². The Bertz CT molecular complexity index is 1060. The molecule has 4 rings (SSSR count). The molecule has 0 saturated heterocycles. The van der Waals surface area contributed by atoms with Crippen molar-refractivity contribution in [2.75, 3.05) is 7.11 Å². The van der Waals surface area contributed by atoms with Gasteiger partial charge in [0.05, 0.1) is 18.0 Å². The lowest BCUT2D eigenvalue weighted by molar-refractivity contribution is 0.415. The average Bonchev–Trinajstić information content (AvgIpc) is 2.91. The van der Waals surface area contributed by atoms with Crippen LogP contribution in [0.4, 0.5) is 0 Å². The van der Waals surface area contributed by atoms with Gasteiger partial charge in [-0.2, -0.15) is 0 Å². The van der Waals surface area contributed by atoms with Crippen LogP contribution in [0.15, 0.2) is 41.3 Å². The summed E-state index contributed by atoms with van der Waals surface area (Å²) in [4.78, 5) is 18.4. The zero-order valence-corrected chi connectivity index (χ0v) is 11.8. The van der Waals surface area contributed by atoms with Crippen LogP contribution in [0.25, 0.3) is 32.6 Å². The van der Waals surface area contributed by atoms with Crippen molar-refractivity contribution >= 4 is 32.6 Å². The van der Waals surface area contributed by atoms with Crippen molar-refractivity contribution < 1.29 is 4.74 Å². The highest BCUT2D eigenvalue weighted by Crippen LogP contribution is 2.32. The van der Waals surface area contributed by atoms with Crippen molar-refractivity contribution in [3.05, 3.63) is 52.4 Å². The molecule has 0 aliphatic carbocycles. The first-order valence-corrected chi connectivity index (χ1v) is 6.79. The Morgan fingerprint density at radius 2 is 1.95 bits per heavy atom. The Balaban J connectivity index is 2.29. The second-order valence-electron chi connectivity index (χ2n) is 5.25. The van der Waals surface area contributed by atoms with E-state index in [2.05, 4.69) is 9.97 Å². The van der Waals surface area contributed by atoms with Crippen LogP contribution < -0.4 is 10.3 Å². The summed E-state index contributed by atoms with van der Waals surface area (Å²) in [6.07, 6.45) is 1.74. The van der Waals surface area contributed by atoms with Gasteiger partial charge in [-0.3, -0.25) is 4.79 Å². The zero-order chi connectivity index (χ0) is 14.6. The number of ether oxygens (including phenoxy) is 1. The lowest BCUT2D eigenvalue weighted by Gasteiger charge is -2.04. The number of pyridine rings is 1. The van der Waals surface area contributed by atoms with Gasteiger partial charge in [-0.1, -0.05) is 6.07 Å². The first kappa shape index (κ1) is 12.0. The standard InChI is InChI=1S/C17H14N2O2/c1-9-8-18-17(20)15-14-12-5-4-11(21-2)7-10(12)3-6-13(14)19-16(9)15/h3-8,19H,1-2H3,(H,18,20). The van der Waals surface area contributed by atoms with Gasteiger partial charge in [0.25, 0.3) is 5.56 Å². The molecule has 2 N–H and O–H groups in total. The van der Waals surface area contributed by atoms with E-state index >= 15 is 0 Å². The molecule has 0 atom stereocenters. The normalized spacial score (nSPS) is 11.5. The van der Waals surface area contributed by atoms with Gasteiger partial charge >= 0.3 is 0 Å². The van der Waals surface area contributed by atoms with Gasteiger partial charge in [0.2, 0.25) is 0 Å². The van der Waals surface area contributed by atoms with E-state index in [1.165, 1.54) is 0 Å². The molecule has 21 heavy (non-hydrogen) atoms. The number of benzene rings is 2. The molecule has 0 saturated carbocycles. The fourth-order valence-corrected chi connectivity index (χ4v) is 2.97. The monoisotopic (exact) mass is 278 g/mol. The summed E-state index contributed by atoms with van der Waals surface area (Å²) in [6.45, 7) is 1.98. The summed E-state index contributed by atoms with van der Waals surface area (Å²) in [6, 6.07) is 9.96. The number of aryl methyl sites for hydroxylation is 1. The second kappa shape index (κ2) is 4.12. The summed E-state index contributed by atoms with van der Waals surface area (Å²) in [5.41, 5.74) is 2.84. The molecule has 0 aliphatic heterocycles. The van der Waals surface area contributed by atoms with Crippen LogP contribution in [0.1, 0.15) is 5.56 Å². The quantitative estimate of drug-likeness (QED) is 0.560. The molecule has 4 aromatic rings. The summed E-state index contributed by atoms with van der Waals surface area (Å²) in [7, 11) is 1.65. The molecule has 0 unspecified atom stereocenters. The van der Waals surface area contributed by atoms with E-state index in [1.54, 1.807) is 13.3 Å². The number of nitrogens with one attached hydrogen (secondary N) is 2. The molecule has 2 aromatic carbocycles. The lowest BCUT2D eigenvalue weighted by Crippen LogP contribution is -2.04. The molecule has 2 aromatic heterocycles. The minimum Gasteiger partial charge on any atom is -0.497 e. The van der Waals surface area contributed by atoms with Gasteiger partial charge in [-0.15, -0.1) is 0 Å². The van der Waals surface area contributed by atoms with Crippen molar-refractivity contribution in [3.63, 3.8) is 0 Å². The molecule has 0 aliphatic rings. The third-order valence-corrected chi connectivity index (χ3v) is 4.03. The summed E-state index contributed by atoms with van der Waals surface area (Å²) < 4.78 is 5.27. The van der Waals surface area contributed by atoms with Gasteiger partial charge < -0.3 is 14.7 Å². The number of methoxy groups -OCH3 is 1. The first-order chi connectivity index (χ1) is 10.2. The van der Waals surface area contributed by atoms with Crippen molar-refractivity contribution in [2.24, 2.45) is 0 Å². The average molecular weight is 278 g/mol. The Hall–Kier alpha value is -2.75. The minimum atomic E-state index is -0.0647. The van der Waals surface area contributed by atoms with Crippen molar-refractivity contribution in [1.29, 1.82) is 0 Å². The van der Waals surface area contributed by atoms with Crippen LogP contribution in [0.3, 0.4) is 0 Å². The van der Waals surface area contributed by atoms with Crippen LogP contribution in [0.2, 0.25) is 0 Å². The second-order valence-corrected chi connectivity index (χ2v) is 5.25. The molecule has 2 heterocycles. The molecule has 0 radical (unpaired) electrons. The van der Waals surface area contributed by atoms with Crippen LogP contribution in [-0.2, 0) is 0 Å². The van der Waals surface area contributed by atoms with E-state index in [-0.39, 0.29) is 5.56 Å². The van der Waals surface area contributed by atoms with E-state index in [0.717, 1.165) is 43.9 Å². The van der Waals surface area contributed by atoms with Gasteiger partial charge in [-0.25, -0.2) is 0 Å². The number of rotatable bonds is 1. The van der Waals surface area contributed by atoms with Crippen LogP contribution in [0, 0.1) is 6.92 Å². The molecule has 4 nitrogen and oxygen atoms in total. The Kier molecular flexibility index (Phi) is 2.36. The number of aromatic nitrogens is 2. The maximum atomic E-state index is 12.3. The van der Waals surface area contributed by atoms with E-state index < -0.39 is 0 Å². The first-order valence-electron chi connectivity index (χ1n) is 6.79. The van der Waals surface area contributed by atoms with Crippen molar-refractivity contribution in [3.8, 4) is 5.75 Å². The molecule has 104 valence electrons. The smallest absolute Gasteiger partial charge is 0.258 e. The summed E-state index contributed by atoms with van der Waals surface area (Å²) in [5.74, 6) is 0.812. The van der Waals surface area contributed by atoms with E-state index in [1.807, 2.05) is 37.3 Å². The van der Waals surface area contributed by atoms with E-state index in [9.17, 15) is 4.79 Å². The van der Waals surface area contributed by atoms with Crippen LogP contribution >= 0.6 is 0 Å². The number of hydrogen-bond donors (Lipinski definition) is 2. The topological polar surface area (TPSA) is 57.9 Å². The van der Waals surface area contributed by atoms with Crippen molar-refractivity contribution in [1.82, 2.24) is 9.97 Å². The Morgan fingerprint density at radius 1 is 1.10 bits per heavy atom. The van der Waals surface area contributed by atoms with Crippen LogP contribution in [-0.4, -0.2) is 17.1 Å². The highest BCUT2D eigenvalue weighted by atomic mass is 16.5. The fourth-order valence-electron chi connectivity index (χ4n) is 2.97. The molecule has 0 spiro atoms. The summed E-state index contributed by atoms with van der Waals surface area (Å²) in [5, 5.41) is 3.80. The molecular formula is C17H14N2O2. The minimum absolute atomic E-state index is 0.0647. The maximum Gasteiger partial charge on any atom is 0.258 e. The zero-order valence-electron chi connectivity index (χ0n) is 11.8. The fraction of sp³-hybridized carbons (Fsp3) is 0.118. The third-order valence-electron chi connectivity index (χ3n) is 4.03. The predicted molar refractivity (Wildman–Crippen MR) is 85.2 cm³/mol. The van der Waals surface area contributed by atoms with Crippen LogP contribution in [0.5, 0.6) is 5.75 Å². The molecule has 4 heteroatoms. The molecular weight excluding hydrogens is 264 g/mol.